The summed E-state index contributed by atoms with van der Waals surface area (Å²) in [6.45, 7) is 26.8. The predicted octanol–water partition coefficient (Wildman–Crippen LogP) is 22.1. The van der Waals surface area contributed by atoms with E-state index in [4.69, 9.17) is 0 Å². The van der Waals surface area contributed by atoms with Crippen LogP contribution in [-0.2, 0) is 0 Å². The minimum atomic E-state index is 1.16. The summed E-state index contributed by atoms with van der Waals surface area (Å²) in [5, 5.41) is 0. The van der Waals surface area contributed by atoms with E-state index in [1.54, 1.807) is 0 Å². The second kappa shape index (κ2) is 21.1. The maximum atomic E-state index is 2.39. The van der Waals surface area contributed by atoms with Gasteiger partial charge in [0.1, 0.15) is 0 Å². The van der Waals surface area contributed by atoms with Crippen molar-refractivity contribution in [2.24, 2.45) is 0 Å². The van der Waals surface area contributed by atoms with Crippen LogP contribution in [0.5, 0.6) is 0 Å². The lowest BCUT2D eigenvalue weighted by Crippen LogP contribution is -2.02. The van der Waals surface area contributed by atoms with Gasteiger partial charge in [-0.1, -0.05) is 229 Å². The number of aryl methyl sites for hydroxylation is 12. The summed E-state index contributed by atoms with van der Waals surface area (Å²) in [7, 11) is 0. The molecule has 0 N–H and O–H groups in total. The first-order chi connectivity index (χ1) is 37.6. The van der Waals surface area contributed by atoms with Gasteiger partial charge in [0.2, 0.25) is 0 Å². The summed E-state index contributed by atoms with van der Waals surface area (Å²) >= 11 is 0. The predicted molar refractivity (Wildman–Crippen MR) is 338 cm³/mol. The standard InChI is InChI=1S/C78H70/c1-47-39-51(5)69(52(6)40-47)61-23-31-65(32-24-61)75-73(59-19-15-13-16-20-59)74(60-21-17-14-18-22-60)76(66-33-25-62(26-34-66)70-53(7)41-48(2)42-54(70)8)78(68-37-29-64(30-38-68)72-57(11)45-50(4)46-58(72)12)77(75)67-35-27-63(28-36-67)71-55(9)43-49(3)44-56(71)10/h13-46H,1-12H3. The van der Waals surface area contributed by atoms with Crippen LogP contribution in [0.25, 0.3) is 111 Å². The van der Waals surface area contributed by atoms with E-state index in [1.807, 2.05) is 0 Å². The van der Waals surface area contributed by atoms with E-state index in [-0.39, 0.29) is 0 Å². The van der Waals surface area contributed by atoms with E-state index in [0.29, 0.717) is 0 Å². The summed E-state index contributed by atoms with van der Waals surface area (Å²) in [6, 6.07) is 78.8. The normalized spacial score (nSPS) is 11.3. The van der Waals surface area contributed by atoms with Gasteiger partial charge >= 0.3 is 0 Å². The summed E-state index contributed by atoms with van der Waals surface area (Å²) in [5.74, 6) is 0. The Morgan fingerprint density at radius 3 is 0.423 bits per heavy atom. The fourth-order valence-corrected chi connectivity index (χ4v) is 13.4. The lowest BCUT2D eigenvalue weighted by molar-refractivity contribution is 1.32. The maximum Gasteiger partial charge on any atom is -0.00139 e. The molecule has 0 aliphatic heterocycles. The van der Waals surface area contributed by atoms with Crippen molar-refractivity contribution in [2.45, 2.75) is 83.1 Å². The average Bonchev–Trinajstić information content (AvgIpc) is 3.59. The third-order valence-corrected chi connectivity index (χ3v) is 16.2. The van der Waals surface area contributed by atoms with Crippen molar-refractivity contribution in [1.82, 2.24) is 0 Å². The molecule has 0 saturated heterocycles. The summed E-state index contributed by atoms with van der Waals surface area (Å²) in [4.78, 5) is 0. The van der Waals surface area contributed by atoms with Crippen molar-refractivity contribution in [3.05, 3.63) is 273 Å². The van der Waals surface area contributed by atoms with Crippen LogP contribution in [0.3, 0.4) is 0 Å². The highest BCUT2D eigenvalue weighted by Crippen LogP contribution is 2.56. The van der Waals surface area contributed by atoms with E-state index in [9.17, 15) is 0 Å². The Kier molecular flexibility index (Phi) is 13.9. The minimum Gasteiger partial charge on any atom is -0.0622 e. The van der Waals surface area contributed by atoms with Gasteiger partial charge in [-0.3, -0.25) is 0 Å². The van der Waals surface area contributed by atoms with E-state index in [0.717, 1.165) is 22.3 Å². The molecule has 0 fully saturated rings. The summed E-state index contributed by atoms with van der Waals surface area (Å²) in [6.07, 6.45) is 0. The highest BCUT2D eigenvalue weighted by Gasteiger charge is 2.30. The van der Waals surface area contributed by atoms with Crippen molar-refractivity contribution in [3.63, 3.8) is 0 Å². The molecule has 0 heteroatoms. The molecule has 382 valence electrons. The van der Waals surface area contributed by atoms with Gasteiger partial charge < -0.3 is 0 Å². The molecule has 0 atom stereocenters. The largest absolute Gasteiger partial charge is 0.0622 e. The Hall–Kier alpha value is -8.58. The number of hydrogen-bond acceptors (Lipinski definition) is 0. The van der Waals surface area contributed by atoms with Crippen molar-refractivity contribution in [1.29, 1.82) is 0 Å². The van der Waals surface area contributed by atoms with Gasteiger partial charge in [-0.05, 0) is 239 Å². The van der Waals surface area contributed by atoms with Gasteiger partial charge in [-0.2, -0.15) is 0 Å². The van der Waals surface area contributed by atoms with Gasteiger partial charge in [-0.25, -0.2) is 0 Å². The van der Waals surface area contributed by atoms with Gasteiger partial charge in [0, 0.05) is 0 Å². The molecule has 0 aliphatic carbocycles. The molecule has 0 bridgehead atoms. The molecule has 0 amide bonds. The van der Waals surface area contributed by atoms with Crippen molar-refractivity contribution in [2.75, 3.05) is 0 Å². The zero-order valence-electron chi connectivity index (χ0n) is 47.6. The molecule has 78 heavy (non-hydrogen) atoms. The molecule has 0 nitrogen and oxygen atoms in total. The van der Waals surface area contributed by atoms with Crippen LogP contribution < -0.4 is 0 Å². The molecule has 0 saturated carbocycles. The molecule has 0 aliphatic rings. The highest BCUT2D eigenvalue weighted by atomic mass is 14.3. The van der Waals surface area contributed by atoms with Crippen LogP contribution in [0.4, 0.5) is 0 Å². The Morgan fingerprint density at radius 2 is 0.269 bits per heavy atom. The monoisotopic (exact) mass is 1010 g/mol. The molecule has 0 aromatic heterocycles. The molecule has 0 heterocycles. The Balaban J connectivity index is 1.30. The fraction of sp³-hybridized carbons (Fsp3) is 0.154. The third kappa shape index (κ3) is 9.67. The van der Waals surface area contributed by atoms with Crippen LogP contribution in [0.15, 0.2) is 206 Å². The second-order valence-electron chi connectivity index (χ2n) is 22.4. The Bertz CT molecular complexity index is 3690. The number of benzene rings is 11. The van der Waals surface area contributed by atoms with E-state index >= 15 is 0 Å². The SMILES string of the molecule is Cc1cc(C)c(-c2ccc(-c3c(-c4ccccc4)c(-c4ccccc4)c(-c4ccc(-c5c(C)cc(C)cc5C)cc4)c(-c4ccc(-c5c(C)cc(C)cc5C)cc4)c3-c3ccc(-c4c(C)cc(C)cc4C)cc3)cc2)c(C)c1. The van der Waals surface area contributed by atoms with Crippen LogP contribution >= 0.6 is 0 Å². The zero-order valence-corrected chi connectivity index (χ0v) is 47.6. The molecule has 0 spiro atoms. The van der Waals surface area contributed by atoms with Crippen molar-refractivity contribution < 1.29 is 0 Å². The van der Waals surface area contributed by atoms with Gasteiger partial charge in [0.15, 0.2) is 0 Å². The topological polar surface area (TPSA) is 0 Å². The highest BCUT2D eigenvalue weighted by molar-refractivity contribution is 6.15. The quantitative estimate of drug-likeness (QED) is 0.128. The summed E-state index contributed by atoms with van der Waals surface area (Å²) < 4.78 is 0. The van der Waals surface area contributed by atoms with Crippen LogP contribution in [0, 0.1) is 83.1 Å². The number of hydrogen-bond donors (Lipinski definition) is 0. The smallest absolute Gasteiger partial charge is 0.00139 e. The lowest BCUT2D eigenvalue weighted by atomic mass is 9.73. The van der Waals surface area contributed by atoms with E-state index in [1.165, 1.54) is 156 Å². The van der Waals surface area contributed by atoms with Crippen LogP contribution in [0.2, 0.25) is 0 Å². The maximum absolute atomic E-state index is 2.39. The van der Waals surface area contributed by atoms with Crippen molar-refractivity contribution in [3.8, 4) is 111 Å². The molecule has 0 radical (unpaired) electrons. The molecular weight excluding hydrogens is 937 g/mol. The van der Waals surface area contributed by atoms with Crippen LogP contribution in [0.1, 0.15) is 66.8 Å². The van der Waals surface area contributed by atoms with E-state index in [2.05, 4.69) is 289 Å². The van der Waals surface area contributed by atoms with Gasteiger partial charge in [-0.15, -0.1) is 0 Å². The molecule has 11 aromatic rings. The summed E-state index contributed by atoms with van der Waals surface area (Å²) in [5.41, 5.74) is 39.8. The third-order valence-electron chi connectivity index (χ3n) is 16.2. The molecular formula is C78H70. The minimum absolute atomic E-state index is 1.16. The average molecular weight is 1010 g/mol. The Morgan fingerprint density at radius 1 is 0.141 bits per heavy atom. The van der Waals surface area contributed by atoms with E-state index < -0.39 is 0 Å². The number of rotatable bonds is 10. The Labute approximate surface area is 464 Å². The lowest BCUT2D eigenvalue weighted by Gasteiger charge is -2.29. The first-order valence-electron chi connectivity index (χ1n) is 27.7. The molecule has 11 aromatic carbocycles. The van der Waals surface area contributed by atoms with Crippen molar-refractivity contribution >= 4 is 0 Å². The molecule has 0 unspecified atom stereocenters. The second-order valence-corrected chi connectivity index (χ2v) is 22.4. The van der Waals surface area contributed by atoms with Gasteiger partial charge in [0.25, 0.3) is 0 Å². The fourth-order valence-electron chi connectivity index (χ4n) is 13.4. The first-order valence-corrected chi connectivity index (χ1v) is 27.7. The van der Waals surface area contributed by atoms with Gasteiger partial charge in [0.05, 0.1) is 0 Å². The zero-order chi connectivity index (χ0) is 54.5. The molecule has 11 rings (SSSR count). The first kappa shape index (κ1) is 51.5. The van der Waals surface area contributed by atoms with Crippen LogP contribution in [-0.4, -0.2) is 0 Å².